The van der Waals surface area contributed by atoms with Crippen molar-refractivity contribution in [1.29, 1.82) is 0 Å². The summed E-state index contributed by atoms with van der Waals surface area (Å²) in [5.74, 6) is -0.234. The minimum atomic E-state index is -0.234. The number of hydrogen-bond acceptors (Lipinski definition) is 3. The lowest BCUT2D eigenvalue weighted by Gasteiger charge is -2.09. The number of likely N-dealkylation sites (N-methyl/N-ethyl adjacent to an activating group) is 1. The summed E-state index contributed by atoms with van der Waals surface area (Å²) in [7, 11) is 1.68. The Kier molecular flexibility index (Phi) is 6.82. The van der Waals surface area contributed by atoms with Crippen molar-refractivity contribution in [3.8, 4) is 0 Å². The number of aryl methyl sites for hydroxylation is 1. The molecular weight excluding hydrogens is 302 g/mol. The van der Waals surface area contributed by atoms with Crippen LogP contribution in [-0.2, 0) is 11.3 Å². The third-order valence-corrected chi connectivity index (χ3v) is 3.11. The number of benzene rings is 1. The molecule has 118 valence electrons. The summed E-state index contributed by atoms with van der Waals surface area (Å²) in [6.45, 7) is 2.68. The molecule has 1 amide bonds. The molecule has 0 unspecified atom stereocenters. The van der Waals surface area contributed by atoms with Crippen LogP contribution in [0.1, 0.15) is 11.1 Å². The number of carbonyl (C=O) groups excluding carboxylic acids is 1. The number of halogens is 1. The molecule has 1 aromatic heterocycles. The van der Waals surface area contributed by atoms with E-state index < -0.39 is 0 Å². The number of carbonyl (C=O) groups is 1. The lowest BCUT2D eigenvalue weighted by Crippen LogP contribution is -2.30. The molecule has 1 heterocycles. The second-order valence-corrected chi connectivity index (χ2v) is 4.92. The van der Waals surface area contributed by atoms with Crippen molar-refractivity contribution < 1.29 is 4.79 Å². The molecule has 0 saturated heterocycles. The van der Waals surface area contributed by atoms with Gasteiger partial charge < -0.3 is 15.2 Å². The first-order valence-electron chi connectivity index (χ1n) is 6.79. The summed E-state index contributed by atoms with van der Waals surface area (Å²) in [6.07, 6.45) is 1.72. The van der Waals surface area contributed by atoms with Crippen molar-refractivity contribution in [1.82, 2.24) is 9.88 Å². The molecule has 1 aromatic carbocycles. The van der Waals surface area contributed by atoms with Gasteiger partial charge in [0, 0.05) is 6.20 Å². The van der Waals surface area contributed by atoms with Crippen LogP contribution in [0.5, 0.6) is 0 Å². The lowest BCUT2D eigenvalue weighted by molar-refractivity contribution is -0.115. The van der Waals surface area contributed by atoms with Crippen LogP contribution >= 0.6 is 12.4 Å². The highest BCUT2D eigenvalue weighted by Gasteiger charge is 2.07. The average Bonchev–Trinajstić information content (AvgIpc) is 2.46. The zero-order valence-corrected chi connectivity index (χ0v) is 13.4. The van der Waals surface area contributed by atoms with E-state index in [9.17, 15) is 9.59 Å². The minimum absolute atomic E-state index is 0. The predicted octanol–water partition coefficient (Wildman–Crippen LogP) is 1.78. The van der Waals surface area contributed by atoms with Gasteiger partial charge in [0.05, 0.1) is 13.1 Å². The van der Waals surface area contributed by atoms with Gasteiger partial charge in [0.1, 0.15) is 5.69 Å². The van der Waals surface area contributed by atoms with Gasteiger partial charge in [-0.1, -0.05) is 29.8 Å². The molecule has 2 aromatic rings. The van der Waals surface area contributed by atoms with Crippen LogP contribution in [0.15, 0.2) is 47.4 Å². The molecule has 0 aliphatic heterocycles. The quantitative estimate of drug-likeness (QED) is 0.882. The van der Waals surface area contributed by atoms with Gasteiger partial charge in [-0.05, 0) is 31.7 Å². The van der Waals surface area contributed by atoms with Crippen LogP contribution in [-0.4, -0.2) is 24.1 Å². The number of rotatable bonds is 5. The number of hydrogen-bond donors (Lipinski definition) is 2. The van der Waals surface area contributed by atoms with E-state index in [1.807, 2.05) is 31.2 Å². The number of aromatic nitrogens is 1. The van der Waals surface area contributed by atoms with Gasteiger partial charge in [-0.25, -0.2) is 0 Å². The Labute approximate surface area is 135 Å². The molecular formula is C16H20ClN3O2. The standard InChI is InChI=1S/C16H19N3O2.ClH/c1-12-5-7-13(8-6-12)11-19-9-3-4-14(16(19)21)18-15(20)10-17-2;/h3-9,17H,10-11H2,1-2H3,(H,18,20);1H. The first-order chi connectivity index (χ1) is 10.1. The fourth-order valence-corrected chi connectivity index (χ4v) is 2.00. The average molecular weight is 322 g/mol. The third kappa shape index (κ3) is 4.72. The maximum absolute atomic E-state index is 12.3. The highest BCUT2D eigenvalue weighted by molar-refractivity contribution is 5.91. The Morgan fingerprint density at radius 3 is 2.50 bits per heavy atom. The molecule has 0 aliphatic rings. The molecule has 0 fully saturated rings. The van der Waals surface area contributed by atoms with E-state index in [0.717, 1.165) is 5.56 Å². The first kappa shape index (κ1) is 17.9. The summed E-state index contributed by atoms with van der Waals surface area (Å²) in [5, 5.41) is 5.36. The maximum Gasteiger partial charge on any atom is 0.274 e. The highest BCUT2D eigenvalue weighted by Crippen LogP contribution is 2.06. The van der Waals surface area contributed by atoms with E-state index in [-0.39, 0.29) is 30.4 Å². The minimum Gasteiger partial charge on any atom is -0.320 e. The molecule has 0 bridgehead atoms. The lowest BCUT2D eigenvalue weighted by atomic mass is 10.1. The first-order valence-corrected chi connectivity index (χ1v) is 6.79. The largest absolute Gasteiger partial charge is 0.320 e. The Morgan fingerprint density at radius 2 is 1.86 bits per heavy atom. The second kappa shape index (κ2) is 8.36. The molecule has 0 saturated carbocycles. The van der Waals surface area contributed by atoms with Gasteiger partial charge in [-0.15, -0.1) is 12.4 Å². The summed E-state index contributed by atoms with van der Waals surface area (Å²) in [6, 6.07) is 11.4. The van der Waals surface area contributed by atoms with Gasteiger partial charge in [-0.3, -0.25) is 9.59 Å². The van der Waals surface area contributed by atoms with E-state index in [0.29, 0.717) is 12.2 Å². The Balaban J connectivity index is 0.00000242. The number of nitrogens with zero attached hydrogens (tertiary/aromatic N) is 1. The maximum atomic E-state index is 12.3. The zero-order chi connectivity index (χ0) is 15.2. The molecule has 22 heavy (non-hydrogen) atoms. The smallest absolute Gasteiger partial charge is 0.274 e. The van der Waals surface area contributed by atoms with E-state index in [2.05, 4.69) is 10.6 Å². The van der Waals surface area contributed by atoms with Crippen molar-refractivity contribution in [3.63, 3.8) is 0 Å². The van der Waals surface area contributed by atoms with Gasteiger partial charge in [0.25, 0.3) is 5.56 Å². The number of nitrogens with one attached hydrogen (secondary N) is 2. The summed E-state index contributed by atoms with van der Waals surface area (Å²) < 4.78 is 1.58. The van der Waals surface area contributed by atoms with Crippen LogP contribution in [0.2, 0.25) is 0 Å². The van der Waals surface area contributed by atoms with E-state index in [1.54, 1.807) is 29.9 Å². The summed E-state index contributed by atoms with van der Waals surface area (Å²) >= 11 is 0. The highest BCUT2D eigenvalue weighted by atomic mass is 35.5. The molecule has 0 atom stereocenters. The van der Waals surface area contributed by atoms with Gasteiger partial charge >= 0.3 is 0 Å². The molecule has 0 aliphatic carbocycles. The number of anilines is 1. The van der Waals surface area contributed by atoms with Crippen LogP contribution in [0.4, 0.5) is 5.69 Å². The Hall–Kier alpha value is -2.11. The van der Waals surface area contributed by atoms with Gasteiger partial charge in [-0.2, -0.15) is 0 Å². The van der Waals surface area contributed by atoms with E-state index >= 15 is 0 Å². The summed E-state index contributed by atoms with van der Waals surface area (Å²) in [5.41, 5.74) is 2.31. The molecule has 5 nitrogen and oxygen atoms in total. The topological polar surface area (TPSA) is 63.1 Å². The molecule has 2 N–H and O–H groups in total. The van der Waals surface area contributed by atoms with Crippen molar-refractivity contribution in [2.45, 2.75) is 13.5 Å². The Bertz CT molecular complexity index is 681. The predicted molar refractivity (Wildman–Crippen MR) is 90.8 cm³/mol. The van der Waals surface area contributed by atoms with Crippen molar-refractivity contribution in [3.05, 3.63) is 64.1 Å². The van der Waals surface area contributed by atoms with Crippen LogP contribution in [0.25, 0.3) is 0 Å². The zero-order valence-electron chi connectivity index (χ0n) is 12.6. The fraction of sp³-hybridized carbons (Fsp3) is 0.250. The SMILES string of the molecule is CNCC(=O)Nc1cccn(Cc2ccc(C)cc2)c1=O.Cl. The summed E-state index contributed by atoms with van der Waals surface area (Å²) in [4.78, 5) is 23.9. The van der Waals surface area contributed by atoms with Crippen molar-refractivity contribution in [2.24, 2.45) is 0 Å². The normalized spacial score (nSPS) is 9.91. The molecule has 6 heteroatoms. The van der Waals surface area contributed by atoms with E-state index in [1.165, 1.54) is 5.56 Å². The third-order valence-electron chi connectivity index (χ3n) is 3.11. The van der Waals surface area contributed by atoms with Crippen LogP contribution in [0.3, 0.4) is 0 Å². The number of pyridine rings is 1. The van der Waals surface area contributed by atoms with Crippen molar-refractivity contribution in [2.75, 3.05) is 18.9 Å². The molecule has 2 rings (SSSR count). The van der Waals surface area contributed by atoms with Gasteiger partial charge in [0.15, 0.2) is 0 Å². The fourth-order valence-electron chi connectivity index (χ4n) is 2.00. The van der Waals surface area contributed by atoms with Crippen LogP contribution < -0.4 is 16.2 Å². The van der Waals surface area contributed by atoms with E-state index in [4.69, 9.17) is 0 Å². The number of amides is 1. The van der Waals surface area contributed by atoms with Crippen LogP contribution in [0, 0.1) is 6.92 Å². The molecule has 0 spiro atoms. The molecule has 0 radical (unpaired) electrons. The van der Waals surface area contributed by atoms with Gasteiger partial charge in [0.2, 0.25) is 5.91 Å². The van der Waals surface area contributed by atoms with Crippen molar-refractivity contribution >= 4 is 24.0 Å². The Morgan fingerprint density at radius 1 is 1.18 bits per heavy atom. The second-order valence-electron chi connectivity index (χ2n) is 4.92. The monoisotopic (exact) mass is 321 g/mol.